The van der Waals surface area contributed by atoms with Crippen LogP contribution in [0, 0.1) is 17.0 Å². The molecule has 0 unspecified atom stereocenters. The highest BCUT2D eigenvalue weighted by atomic mass is 35.5. The van der Waals surface area contributed by atoms with Crippen LogP contribution in [0.5, 0.6) is 0 Å². The number of hydrogen-bond donors (Lipinski definition) is 2. The lowest BCUT2D eigenvalue weighted by molar-refractivity contribution is -0.385. The van der Waals surface area contributed by atoms with Crippen molar-refractivity contribution in [3.8, 4) is 0 Å². The second-order valence-corrected chi connectivity index (χ2v) is 5.27. The predicted molar refractivity (Wildman–Crippen MR) is 83.9 cm³/mol. The molecule has 1 aromatic carbocycles. The first-order chi connectivity index (χ1) is 9.94. The fraction of sp³-hybridized carbons (Fsp3) is 0.500. The van der Waals surface area contributed by atoms with Crippen LogP contribution >= 0.6 is 12.4 Å². The van der Waals surface area contributed by atoms with Crippen LogP contribution in [0.25, 0.3) is 0 Å². The molecule has 8 heteroatoms. The first-order valence-electron chi connectivity index (χ1n) is 6.82. The number of benzene rings is 1. The van der Waals surface area contributed by atoms with Crippen LogP contribution in [0.15, 0.2) is 18.2 Å². The van der Waals surface area contributed by atoms with Crippen molar-refractivity contribution in [3.05, 3.63) is 39.4 Å². The molecule has 0 saturated carbocycles. The third-order valence-corrected chi connectivity index (χ3v) is 3.89. The molecule has 0 atom stereocenters. The summed E-state index contributed by atoms with van der Waals surface area (Å²) in [5.41, 5.74) is 6.50. The van der Waals surface area contributed by atoms with Crippen LogP contribution in [0.2, 0.25) is 0 Å². The maximum absolute atomic E-state index is 12.2. The third kappa shape index (κ3) is 3.94. The van der Waals surface area contributed by atoms with Gasteiger partial charge in [0.05, 0.1) is 10.5 Å². The summed E-state index contributed by atoms with van der Waals surface area (Å²) >= 11 is 0. The van der Waals surface area contributed by atoms with E-state index in [4.69, 9.17) is 10.5 Å². The molecule has 2 rings (SSSR count). The Kier molecular flexibility index (Phi) is 6.28. The lowest BCUT2D eigenvalue weighted by atomic mass is 9.90. The fourth-order valence-corrected chi connectivity index (χ4v) is 2.37. The van der Waals surface area contributed by atoms with Crippen molar-refractivity contribution >= 4 is 24.0 Å². The molecule has 122 valence electrons. The SMILES string of the molecule is Cc1c(CNC(=O)C2(N)CCOCC2)cccc1[N+](=O)[O-].Cl. The standard InChI is InChI=1S/C14H19N3O4.ClH/c1-10-11(3-2-4-12(10)17(19)20)9-16-13(18)14(15)5-7-21-8-6-14;/h2-4H,5-9,15H2,1H3,(H,16,18);1H. The molecular formula is C14H20ClN3O4. The zero-order chi connectivity index (χ0) is 15.5. The Morgan fingerprint density at radius 1 is 1.45 bits per heavy atom. The summed E-state index contributed by atoms with van der Waals surface area (Å²) in [6.07, 6.45) is 0.958. The van der Waals surface area contributed by atoms with Gasteiger partial charge in [-0.15, -0.1) is 12.4 Å². The number of amides is 1. The second kappa shape index (κ2) is 7.53. The summed E-state index contributed by atoms with van der Waals surface area (Å²) in [7, 11) is 0. The van der Waals surface area contributed by atoms with E-state index in [0.717, 1.165) is 0 Å². The topological polar surface area (TPSA) is 107 Å². The van der Waals surface area contributed by atoms with Crippen LogP contribution < -0.4 is 11.1 Å². The average Bonchev–Trinajstić information content (AvgIpc) is 2.46. The number of rotatable bonds is 4. The lowest BCUT2D eigenvalue weighted by Gasteiger charge is -2.31. The number of nitro benzene ring substituents is 1. The summed E-state index contributed by atoms with van der Waals surface area (Å²) in [6, 6.07) is 4.82. The average molecular weight is 330 g/mol. The highest BCUT2D eigenvalue weighted by molar-refractivity contribution is 5.86. The normalized spacial score (nSPS) is 16.5. The first-order valence-corrected chi connectivity index (χ1v) is 6.82. The molecule has 1 fully saturated rings. The van der Waals surface area contributed by atoms with E-state index in [1.165, 1.54) is 6.07 Å². The van der Waals surface area contributed by atoms with Gasteiger partial charge in [0.1, 0.15) is 0 Å². The van der Waals surface area contributed by atoms with Gasteiger partial charge < -0.3 is 15.8 Å². The number of ether oxygens (including phenoxy) is 1. The van der Waals surface area contributed by atoms with Crippen LogP contribution in [0.4, 0.5) is 5.69 Å². The molecule has 1 aliphatic rings. The maximum Gasteiger partial charge on any atom is 0.272 e. The van der Waals surface area contributed by atoms with Gasteiger partial charge in [0, 0.05) is 31.4 Å². The van der Waals surface area contributed by atoms with Crippen LogP contribution in [-0.2, 0) is 16.1 Å². The zero-order valence-corrected chi connectivity index (χ0v) is 13.1. The van der Waals surface area contributed by atoms with Crippen molar-refractivity contribution in [2.24, 2.45) is 5.73 Å². The number of nitrogens with two attached hydrogens (primary N) is 1. The molecule has 0 radical (unpaired) electrons. The Bertz CT molecular complexity index is 559. The molecule has 0 aromatic heterocycles. The number of hydrogen-bond acceptors (Lipinski definition) is 5. The molecule has 0 bridgehead atoms. The molecule has 22 heavy (non-hydrogen) atoms. The Hall–Kier alpha value is -1.70. The molecule has 1 heterocycles. The molecule has 0 aliphatic carbocycles. The molecule has 1 aromatic rings. The van der Waals surface area contributed by atoms with Crippen molar-refractivity contribution in [2.75, 3.05) is 13.2 Å². The highest BCUT2D eigenvalue weighted by Crippen LogP contribution is 2.22. The van der Waals surface area contributed by atoms with E-state index in [2.05, 4.69) is 5.32 Å². The van der Waals surface area contributed by atoms with Crippen LogP contribution in [0.3, 0.4) is 0 Å². The zero-order valence-electron chi connectivity index (χ0n) is 12.3. The summed E-state index contributed by atoms with van der Waals surface area (Å²) in [6.45, 7) is 2.85. The molecule has 0 spiro atoms. The number of halogens is 1. The van der Waals surface area contributed by atoms with Gasteiger partial charge in [-0.3, -0.25) is 14.9 Å². The van der Waals surface area contributed by atoms with Gasteiger partial charge in [-0.2, -0.15) is 0 Å². The van der Waals surface area contributed by atoms with Gasteiger partial charge in [-0.25, -0.2) is 0 Å². The smallest absolute Gasteiger partial charge is 0.272 e. The summed E-state index contributed by atoms with van der Waals surface area (Å²) < 4.78 is 5.20. The van der Waals surface area contributed by atoms with Gasteiger partial charge in [-0.1, -0.05) is 12.1 Å². The van der Waals surface area contributed by atoms with Crippen molar-refractivity contribution in [1.29, 1.82) is 0 Å². The molecule has 1 amide bonds. The molecule has 1 saturated heterocycles. The first kappa shape index (κ1) is 18.3. The molecule has 7 nitrogen and oxygen atoms in total. The fourth-order valence-electron chi connectivity index (χ4n) is 2.37. The summed E-state index contributed by atoms with van der Waals surface area (Å²) in [5, 5.41) is 13.7. The quantitative estimate of drug-likeness (QED) is 0.642. The van der Waals surface area contributed by atoms with Gasteiger partial charge in [0.15, 0.2) is 0 Å². The lowest BCUT2D eigenvalue weighted by Crippen LogP contribution is -2.56. The minimum absolute atomic E-state index is 0. The third-order valence-electron chi connectivity index (χ3n) is 3.89. The Morgan fingerprint density at radius 2 is 2.09 bits per heavy atom. The number of nitrogens with zero attached hydrogens (tertiary/aromatic N) is 1. The van der Waals surface area contributed by atoms with Crippen LogP contribution in [-0.4, -0.2) is 29.6 Å². The van der Waals surface area contributed by atoms with Crippen molar-refractivity contribution in [1.82, 2.24) is 5.32 Å². The van der Waals surface area contributed by atoms with Crippen molar-refractivity contribution < 1.29 is 14.5 Å². The maximum atomic E-state index is 12.2. The minimum atomic E-state index is -0.910. The van der Waals surface area contributed by atoms with Crippen LogP contribution in [0.1, 0.15) is 24.0 Å². The van der Waals surface area contributed by atoms with E-state index < -0.39 is 10.5 Å². The highest BCUT2D eigenvalue weighted by Gasteiger charge is 2.35. The van der Waals surface area contributed by atoms with Gasteiger partial charge in [0.2, 0.25) is 5.91 Å². The summed E-state index contributed by atoms with van der Waals surface area (Å²) in [4.78, 5) is 22.7. The predicted octanol–water partition coefficient (Wildman–Crippen LogP) is 1.45. The van der Waals surface area contributed by atoms with E-state index in [-0.39, 0.29) is 30.5 Å². The van der Waals surface area contributed by atoms with Gasteiger partial charge in [-0.05, 0) is 25.3 Å². The minimum Gasteiger partial charge on any atom is -0.381 e. The van der Waals surface area contributed by atoms with E-state index in [1.54, 1.807) is 19.1 Å². The van der Waals surface area contributed by atoms with E-state index in [9.17, 15) is 14.9 Å². The van der Waals surface area contributed by atoms with E-state index in [1.807, 2.05) is 0 Å². The monoisotopic (exact) mass is 329 g/mol. The van der Waals surface area contributed by atoms with Crippen molar-refractivity contribution in [3.63, 3.8) is 0 Å². The van der Waals surface area contributed by atoms with E-state index in [0.29, 0.717) is 37.2 Å². The number of carbonyl (C=O) groups excluding carboxylic acids is 1. The second-order valence-electron chi connectivity index (χ2n) is 5.27. The Balaban J connectivity index is 0.00000242. The van der Waals surface area contributed by atoms with E-state index >= 15 is 0 Å². The summed E-state index contributed by atoms with van der Waals surface area (Å²) in [5.74, 6) is -0.239. The van der Waals surface area contributed by atoms with Crippen molar-refractivity contribution in [2.45, 2.75) is 31.8 Å². The van der Waals surface area contributed by atoms with Gasteiger partial charge in [0.25, 0.3) is 5.69 Å². The largest absolute Gasteiger partial charge is 0.381 e. The van der Waals surface area contributed by atoms with Gasteiger partial charge >= 0.3 is 0 Å². The number of nitrogens with one attached hydrogen (secondary N) is 1. The Labute approximate surface area is 134 Å². The molecule has 1 aliphatic heterocycles. The molecular weight excluding hydrogens is 310 g/mol. The number of nitro groups is 1. The Morgan fingerprint density at radius 3 is 2.68 bits per heavy atom. The number of carbonyl (C=O) groups is 1. The molecule has 3 N–H and O–H groups in total.